The van der Waals surface area contributed by atoms with Crippen LogP contribution in [0.2, 0.25) is 0 Å². The van der Waals surface area contributed by atoms with Gasteiger partial charge in [0.15, 0.2) is 0 Å². The van der Waals surface area contributed by atoms with E-state index >= 15 is 0 Å². The maximum Gasteiger partial charge on any atom is 0.269 e. The number of nitro benzene ring substituents is 1. The van der Waals surface area contributed by atoms with Crippen molar-refractivity contribution in [3.05, 3.63) is 124 Å². The van der Waals surface area contributed by atoms with Crippen molar-refractivity contribution in [3.63, 3.8) is 0 Å². The van der Waals surface area contributed by atoms with E-state index in [1.54, 1.807) is 18.2 Å². The molecule has 0 unspecified atom stereocenters. The molecule has 2 N–H and O–H groups in total. The second-order valence-corrected chi connectivity index (χ2v) is 8.07. The third-order valence-corrected chi connectivity index (χ3v) is 5.65. The Bertz CT molecular complexity index is 1620. The molecular weight excluding hydrogens is 470 g/mol. The van der Waals surface area contributed by atoms with Crippen molar-refractivity contribution < 1.29 is 14.5 Å². The van der Waals surface area contributed by atoms with Crippen molar-refractivity contribution in [3.8, 4) is 22.5 Å². The van der Waals surface area contributed by atoms with Gasteiger partial charge in [0, 0.05) is 34.4 Å². The number of benzene rings is 4. The molecular formula is C28H19N5O4. The number of nitrogens with zero attached hydrogens (tertiary/aromatic N) is 3. The van der Waals surface area contributed by atoms with Gasteiger partial charge >= 0.3 is 0 Å². The molecule has 0 aliphatic heterocycles. The molecule has 0 aliphatic rings. The molecule has 2 amide bonds. The first kappa shape index (κ1) is 23.3. The predicted octanol–water partition coefficient (Wildman–Crippen LogP) is 4.95. The summed E-state index contributed by atoms with van der Waals surface area (Å²) in [5.74, 6) is -1.16. The van der Waals surface area contributed by atoms with E-state index in [0.29, 0.717) is 16.7 Å². The highest BCUT2D eigenvalue weighted by molar-refractivity contribution is 6.01. The van der Waals surface area contributed by atoms with Crippen LogP contribution in [0.1, 0.15) is 20.7 Å². The largest absolute Gasteiger partial charge is 0.269 e. The molecule has 1 heterocycles. The first-order chi connectivity index (χ1) is 18.0. The Balaban J connectivity index is 1.41. The quantitative estimate of drug-likeness (QED) is 0.266. The average molecular weight is 489 g/mol. The molecule has 5 aromatic rings. The van der Waals surface area contributed by atoms with E-state index in [1.807, 2.05) is 60.7 Å². The number of hydrogen-bond donors (Lipinski definition) is 2. The van der Waals surface area contributed by atoms with Crippen LogP contribution in [0.25, 0.3) is 33.5 Å². The van der Waals surface area contributed by atoms with Crippen molar-refractivity contribution >= 4 is 28.5 Å². The molecule has 0 aliphatic carbocycles. The first-order valence-corrected chi connectivity index (χ1v) is 11.3. The summed E-state index contributed by atoms with van der Waals surface area (Å²) in [5.41, 5.74) is 9.34. The molecule has 4 aromatic carbocycles. The maximum atomic E-state index is 12.7. The minimum absolute atomic E-state index is 0.136. The molecule has 0 radical (unpaired) electrons. The Morgan fingerprint density at radius 1 is 0.622 bits per heavy atom. The van der Waals surface area contributed by atoms with Crippen molar-refractivity contribution in [1.29, 1.82) is 0 Å². The van der Waals surface area contributed by atoms with Crippen molar-refractivity contribution in [2.75, 3.05) is 0 Å². The molecule has 0 spiro atoms. The lowest BCUT2D eigenvalue weighted by Gasteiger charge is -2.12. The van der Waals surface area contributed by atoms with Gasteiger partial charge in [-0.3, -0.25) is 30.6 Å². The number of carbonyl (C=O) groups excluding carboxylic acids is 2. The summed E-state index contributed by atoms with van der Waals surface area (Å²) in [6.45, 7) is 0. The molecule has 0 atom stereocenters. The van der Waals surface area contributed by atoms with Crippen LogP contribution in [0.3, 0.4) is 0 Å². The number of aromatic nitrogens is 2. The molecule has 0 bridgehead atoms. The van der Waals surface area contributed by atoms with Crippen LogP contribution in [-0.2, 0) is 0 Å². The van der Waals surface area contributed by atoms with E-state index in [0.717, 1.165) is 16.8 Å². The zero-order valence-corrected chi connectivity index (χ0v) is 19.3. The zero-order chi connectivity index (χ0) is 25.8. The van der Waals surface area contributed by atoms with Crippen LogP contribution >= 0.6 is 0 Å². The SMILES string of the molecule is O=C(NNC(=O)c1ccc2nc(-c3ccccc3)c(-c3ccccc3)nc2c1)c1ccc([N+](=O)[O-])cc1. The minimum Gasteiger partial charge on any atom is -0.267 e. The Morgan fingerprint density at radius 2 is 1.11 bits per heavy atom. The topological polar surface area (TPSA) is 127 Å². The summed E-state index contributed by atoms with van der Waals surface area (Å²) in [6.07, 6.45) is 0. The van der Waals surface area contributed by atoms with E-state index in [1.165, 1.54) is 24.3 Å². The smallest absolute Gasteiger partial charge is 0.267 e. The van der Waals surface area contributed by atoms with E-state index in [9.17, 15) is 19.7 Å². The van der Waals surface area contributed by atoms with Gasteiger partial charge in [-0.05, 0) is 30.3 Å². The number of non-ortho nitro benzene ring substituents is 1. The lowest BCUT2D eigenvalue weighted by atomic mass is 10.0. The lowest BCUT2D eigenvalue weighted by molar-refractivity contribution is -0.384. The van der Waals surface area contributed by atoms with Gasteiger partial charge in [0.2, 0.25) is 0 Å². The molecule has 9 nitrogen and oxygen atoms in total. The summed E-state index contributed by atoms with van der Waals surface area (Å²) < 4.78 is 0. The van der Waals surface area contributed by atoms with E-state index in [2.05, 4.69) is 10.9 Å². The van der Waals surface area contributed by atoms with Gasteiger partial charge in [0.1, 0.15) is 0 Å². The zero-order valence-electron chi connectivity index (χ0n) is 19.3. The average Bonchev–Trinajstić information content (AvgIpc) is 2.95. The standard InChI is InChI=1S/C28H19N5O4/c34-27(20-11-14-22(15-12-20)33(36)37)31-32-28(35)21-13-16-23-24(17-21)30-26(19-9-5-2-6-10-19)25(29-23)18-7-3-1-4-8-18/h1-17H,(H,31,34)(H,32,35). The Morgan fingerprint density at radius 3 is 1.65 bits per heavy atom. The van der Waals surface area contributed by atoms with Crippen LogP contribution in [0.5, 0.6) is 0 Å². The highest BCUT2D eigenvalue weighted by Crippen LogP contribution is 2.31. The molecule has 5 rings (SSSR count). The fourth-order valence-corrected chi connectivity index (χ4v) is 3.78. The molecule has 0 fully saturated rings. The fraction of sp³-hybridized carbons (Fsp3) is 0. The number of fused-ring (bicyclic) bond motifs is 1. The second-order valence-electron chi connectivity index (χ2n) is 8.07. The monoisotopic (exact) mass is 489 g/mol. The summed E-state index contributed by atoms with van der Waals surface area (Å²) in [7, 11) is 0. The van der Waals surface area contributed by atoms with Crippen molar-refractivity contribution in [2.24, 2.45) is 0 Å². The summed E-state index contributed by atoms with van der Waals surface area (Å²) in [4.78, 5) is 45.0. The van der Waals surface area contributed by atoms with Gasteiger partial charge in [0.05, 0.1) is 27.3 Å². The van der Waals surface area contributed by atoms with Gasteiger partial charge in [-0.1, -0.05) is 60.7 Å². The summed E-state index contributed by atoms with van der Waals surface area (Å²) >= 11 is 0. The molecule has 0 saturated carbocycles. The first-order valence-electron chi connectivity index (χ1n) is 11.3. The highest BCUT2D eigenvalue weighted by atomic mass is 16.6. The minimum atomic E-state index is -0.609. The van der Waals surface area contributed by atoms with Gasteiger partial charge in [0.25, 0.3) is 17.5 Å². The summed E-state index contributed by atoms with van der Waals surface area (Å²) in [6, 6.07) is 29.4. The molecule has 1 aromatic heterocycles. The van der Waals surface area contributed by atoms with E-state index < -0.39 is 16.7 Å². The number of amides is 2. The van der Waals surface area contributed by atoms with Gasteiger partial charge in [-0.2, -0.15) is 0 Å². The number of hydrazine groups is 1. The highest BCUT2D eigenvalue weighted by Gasteiger charge is 2.16. The van der Waals surface area contributed by atoms with Crippen molar-refractivity contribution in [2.45, 2.75) is 0 Å². The van der Waals surface area contributed by atoms with Crippen LogP contribution in [0.15, 0.2) is 103 Å². The Labute approximate surface area is 210 Å². The Kier molecular flexibility index (Phi) is 6.33. The molecule has 0 saturated heterocycles. The number of nitrogens with one attached hydrogen (secondary N) is 2. The molecule has 9 heteroatoms. The van der Waals surface area contributed by atoms with E-state index in [4.69, 9.17) is 9.97 Å². The predicted molar refractivity (Wildman–Crippen MR) is 138 cm³/mol. The third-order valence-electron chi connectivity index (χ3n) is 5.65. The van der Waals surface area contributed by atoms with E-state index in [-0.39, 0.29) is 16.8 Å². The third kappa shape index (κ3) is 5.01. The number of carbonyl (C=O) groups is 2. The fourth-order valence-electron chi connectivity index (χ4n) is 3.78. The van der Waals surface area contributed by atoms with Gasteiger partial charge in [-0.25, -0.2) is 9.97 Å². The summed E-state index contributed by atoms with van der Waals surface area (Å²) in [5, 5.41) is 10.8. The molecule has 180 valence electrons. The normalized spacial score (nSPS) is 10.6. The maximum absolute atomic E-state index is 12.7. The van der Waals surface area contributed by atoms with Crippen LogP contribution in [0.4, 0.5) is 5.69 Å². The Hall–Kier alpha value is -5.44. The van der Waals surface area contributed by atoms with Crippen LogP contribution in [-0.4, -0.2) is 26.7 Å². The van der Waals surface area contributed by atoms with Gasteiger partial charge in [-0.15, -0.1) is 0 Å². The number of hydrogen-bond acceptors (Lipinski definition) is 6. The van der Waals surface area contributed by atoms with Crippen LogP contribution < -0.4 is 10.9 Å². The lowest BCUT2D eigenvalue weighted by Crippen LogP contribution is -2.41. The number of nitro groups is 1. The second kappa shape index (κ2) is 10.0. The van der Waals surface area contributed by atoms with Gasteiger partial charge < -0.3 is 0 Å². The van der Waals surface area contributed by atoms with Crippen LogP contribution in [0, 0.1) is 10.1 Å². The number of rotatable bonds is 5. The molecule has 37 heavy (non-hydrogen) atoms. The van der Waals surface area contributed by atoms with Crippen molar-refractivity contribution in [1.82, 2.24) is 20.8 Å².